The van der Waals surface area contributed by atoms with Crippen molar-refractivity contribution in [3.63, 3.8) is 0 Å². The lowest BCUT2D eigenvalue weighted by atomic mass is 10.1. The normalized spacial score (nSPS) is 24.9. The molecule has 1 atom stereocenters. The van der Waals surface area contributed by atoms with Gasteiger partial charge < -0.3 is 14.9 Å². The van der Waals surface area contributed by atoms with Gasteiger partial charge in [-0.25, -0.2) is 4.79 Å². The first-order valence-corrected chi connectivity index (χ1v) is 4.53. The van der Waals surface area contributed by atoms with Crippen LogP contribution in [0.15, 0.2) is 36.1 Å². The lowest BCUT2D eigenvalue weighted by Crippen LogP contribution is -2.24. The highest BCUT2D eigenvalue weighted by Gasteiger charge is 2.40. The summed E-state index contributed by atoms with van der Waals surface area (Å²) in [4.78, 5) is 10.9. The first-order chi connectivity index (χ1) is 7.01. The third-order valence-corrected chi connectivity index (χ3v) is 2.30. The van der Waals surface area contributed by atoms with Crippen LogP contribution in [-0.4, -0.2) is 16.2 Å². The molecule has 0 radical (unpaired) electrons. The molecule has 0 spiro atoms. The van der Waals surface area contributed by atoms with Gasteiger partial charge in [0.1, 0.15) is 0 Å². The molecule has 78 valence electrons. The van der Waals surface area contributed by atoms with Crippen LogP contribution in [-0.2, 0) is 15.3 Å². The van der Waals surface area contributed by atoms with Crippen LogP contribution >= 0.6 is 11.6 Å². The first-order valence-electron chi connectivity index (χ1n) is 4.15. The van der Waals surface area contributed by atoms with Gasteiger partial charge in [-0.15, -0.1) is 0 Å². The van der Waals surface area contributed by atoms with E-state index in [-0.39, 0.29) is 0 Å². The van der Waals surface area contributed by atoms with Gasteiger partial charge in [0.2, 0.25) is 5.76 Å². The van der Waals surface area contributed by atoms with Crippen molar-refractivity contribution in [2.75, 3.05) is 0 Å². The van der Waals surface area contributed by atoms with E-state index in [0.717, 1.165) is 6.08 Å². The summed E-state index contributed by atoms with van der Waals surface area (Å²) in [6.45, 7) is 0. The van der Waals surface area contributed by atoms with E-state index in [1.54, 1.807) is 12.1 Å². The van der Waals surface area contributed by atoms with Gasteiger partial charge in [-0.2, -0.15) is 0 Å². The number of benzene rings is 1. The zero-order valence-electron chi connectivity index (χ0n) is 7.48. The maximum absolute atomic E-state index is 10.9. The van der Waals surface area contributed by atoms with Crippen molar-refractivity contribution in [3.05, 3.63) is 46.7 Å². The van der Waals surface area contributed by atoms with Crippen LogP contribution in [0.5, 0.6) is 0 Å². The minimum Gasteiger partial charge on any atom is -0.502 e. The molecule has 0 amide bonds. The van der Waals surface area contributed by atoms with Crippen LogP contribution < -0.4 is 0 Å². The number of hydrogen-bond donors (Lipinski definition) is 2. The molecule has 15 heavy (non-hydrogen) atoms. The summed E-state index contributed by atoms with van der Waals surface area (Å²) >= 11 is 5.67. The van der Waals surface area contributed by atoms with Gasteiger partial charge >= 0.3 is 5.97 Å². The van der Waals surface area contributed by atoms with E-state index in [0.29, 0.717) is 10.6 Å². The van der Waals surface area contributed by atoms with E-state index in [1.165, 1.54) is 12.1 Å². The number of cyclic esters (lactones) is 1. The van der Waals surface area contributed by atoms with Crippen LogP contribution in [0.4, 0.5) is 0 Å². The summed E-state index contributed by atoms with van der Waals surface area (Å²) in [5.74, 6) is -3.45. The predicted molar refractivity (Wildman–Crippen MR) is 52.2 cm³/mol. The summed E-state index contributed by atoms with van der Waals surface area (Å²) in [6, 6.07) is 6.10. The lowest BCUT2D eigenvalue weighted by Gasteiger charge is -2.19. The third kappa shape index (κ3) is 1.69. The molecule has 5 heteroatoms. The Morgan fingerprint density at radius 1 is 1.27 bits per heavy atom. The van der Waals surface area contributed by atoms with Crippen molar-refractivity contribution in [2.45, 2.75) is 5.79 Å². The number of carbonyl (C=O) groups excluding carboxylic acids is 1. The number of esters is 1. The number of ether oxygens (including phenoxy) is 1. The highest BCUT2D eigenvalue weighted by Crippen LogP contribution is 2.31. The average molecular weight is 227 g/mol. The summed E-state index contributed by atoms with van der Waals surface area (Å²) in [6.07, 6.45) is 0.943. The Morgan fingerprint density at radius 2 is 1.87 bits per heavy atom. The summed E-state index contributed by atoms with van der Waals surface area (Å²) in [7, 11) is 0. The Bertz CT molecular complexity index is 437. The molecule has 0 saturated heterocycles. The van der Waals surface area contributed by atoms with Crippen molar-refractivity contribution in [3.8, 4) is 0 Å². The standard InChI is InChI=1S/C10H7ClO4/c11-7-3-1-6(2-4-7)10(14)5-8(12)9(13)15-10/h1-5,12,14H. The second-order valence-corrected chi connectivity index (χ2v) is 3.56. The zero-order chi connectivity index (χ0) is 11.1. The molecule has 2 rings (SSSR count). The highest BCUT2D eigenvalue weighted by atomic mass is 35.5. The van der Waals surface area contributed by atoms with E-state index in [2.05, 4.69) is 4.74 Å². The maximum atomic E-state index is 10.9. The van der Waals surface area contributed by atoms with Crippen molar-refractivity contribution < 1.29 is 19.7 Å². The van der Waals surface area contributed by atoms with Gasteiger partial charge in [-0.05, 0) is 12.1 Å². The lowest BCUT2D eigenvalue weighted by molar-refractivity contribution is -0.183. The molecule has 1 aromatic carbocycles. The Balaban J connectivity index is 2.40. The molecule has 0 aliphatic carbocycles. The fourth-order valence-corrected chi connectivity index (χ4v) is 1.42. The first kappa shape index (κ1) is 10.0. The van der Waals surface area contributed by atoms with Crippen molar-refractivity contribution in [1.82, 2.24) is 0 Å². The van der Waals surface area contributed by atoms with E-state index in [9.17, 15) is 9.90 Å². The topological polar surface area (TPSA) is 66.8 Å². The maximum Gasteiger partial charge on any atom is 0.376 e. The Labute approximate surface area is 90.4 Å². The minimum atomic E-state index is -1.90. The molecule has 1 aromatic rings. The molecule has 0 bridgehead atoms. The molecule has 2 N–H and O–H groups in total. The SMILES string of the molecule is O=C1OC(O)(c2ccc(Cl)cc2)C=C1O. The number of aliphatic hydroxyl groups is 2. The van der Waals surface area contributed by atoms with E-state index < -0.39 is 17.5 Å². The molecule has 0 fully saturated rings. The summed E-state index contributed by atoms with van der Waals surface area (Å²) in [5.41, 5.74) is 0.323. The van der Waals surface area contributed by atoms with Crippen molar-refractivity contribution in [1.29, 1.82) is 0 Å². The number of rotatable bonds is 1. The molecule has 1 aliphatic rings. The zero-order valence-corrected chi connectivity index (χ0v) is 8.23. The number of carbonyl (C=O) groups is 1. The second kappa shape index (κ2) is 3.25. The van der Waals surface area contributed by atoms with Crippen molar-refractivity contribution in [2.24, 2.45) is 0 Å². The van der Waals surface area contributed by atoms with Crippen LogP contribution in [0, 0.1) is 0 Å². The molecular weight excluding hydrogens is 220 g/mol. The quantitative estimate of drug-likeness (QED) is 0.712. The van der Waals surface area contributed by atoms with Gasteiger partial charge in [0.15, 0.2) is 0 Å². The Kier molecular flexibility index (Phi) is 2.17. The molecule has 1 heterocycles. The number of hydrogen-bond acceptors (Lipinski definition) is 4. The molecule has 1 aliphatic heterocycles. The van der Waals surface area contributed by atoms with Gasteiger partial charge in [-0.1, -0.05) is 23.7 Å². The third-order valence-electron chi connectivity index (χ3n) is 2.05. The van der Waals surface area contributed by atoms with Gasteiger partial charge in [0.05, 0.1) is 0 Å². The fraction of sp³-hybridized carbons (Fsp3) is 0.100. The Morgan fingerprint density at radius 3 is 2.33 bits per heavy atom. The second-order valence-electron chi connectivity index (χ2n) is 3.12. The smallest absolute Gasteiger partial charge is 0.376 e. The van der Waals surface area contributed by atoms with E-state index in [1.807, 2.05) is 0 Å². The van der Waals surface area contributed by atoms with E-state index >= 15 is 0 Å². The largest absolute Gasteiger partial charge is 0.502 e. The van der Waals surface area contributed by atoms with Gasteiger partial charge in [0, 0.05) is 16.7 Å². The van der Waals surface area contributed by atoms with Crippen LogP contribution in [0.1, 0.15) is 5.56 Å². The fourth-order valence-electron chi connectivity index (χ4n) is 1.30. The van der Waals surface area contributed by atoms with E-state index in [4.69, 9.17) is 16.7 Å². The van der Waals surface area contributed by atoms with Gasteiger partial charge in [-0.3, -0.25) is 0 Å². The molecule has 1 unspecified atom stereocenters. The van der Waals surface area contributed by atoms with Crippen molar-refractivity contribution >= 4 is 17.6 Å². The monoisotopic (exact) mass is 226 g/mol. The molecule has 0 saturated carbocycles. The number of aliphatic hydroxyl groups excluding tert-OH is 1. The minimum absolute atomic E-state index is 0.323. The van der Waals surface area contributed by atoms with Gasteiger partial charge in [0.25, 0.3) is 5.79 Å². The highest BCUT2D eigenvalue weighted by molar-refractivity contribution is 6.30. The van der Waals surface area contributed by atoms with Crippen LogP contribution in [0.2, 0.25) is 5.02 Å². The van der Waals surface area contributed by atoms with Crippen LogP contribution in [0.3, 0.4) is 0 Å². The Hall–Kier alpha value is -1.52. The molecule has 4 nitrogen and oxygen atoms in total. The van der Waals surface area contributed by atoms with Crippen LogP contribution in [0.25, 0.3) is 0 Å². The summed E-state index contributed by atoms with van der Waals surface area (Å²) in [5, 5.41) is 19.4. The number of halogens is 1. The molecule has 0 aromatic heterocycles. The predicted octanol–water partition coefficient (Wildman–Crippen LogP) is 1.48. The molecular formula is C10H7ClO4. The average Bonchev–Trinajstić information content (AvgIpc) is 2.43. The summed E-state index contributed by atoms with van der Waals surface area (Å²) < 4.78 is 4.62.